The van der Waals surface area contributed by atoms with Crippen LogP contribution in [0.15, 0.2) is 66.7 Å². The molecule has 104 valence electrons. The first-order chi connectivity index (χ1) is 10.1. The van der Waals surface area contributed by atoms with E-state index < -0.39 is 0 Å². The van der Waals surface area contributed by atoms with E-state index in [4.69, 9.17) is 0 Å². The molecule has 0 fully saturated rings. The van der Waals surface area contributed by atoms with Crippen molar-refractivity contribution in [1.82, 2.24) is 0 Å². The number of anilines is 1. The van der Waals surface area contributed by atoms with Crippen LogP contribution >= 0.6 is 0 Å². The molecule has 2 nitrogen and oxygen atoms in total. The summed E-state index contributed by atoms with van der Waals surface area (Å²) in [5, 5.41) is 2.24. The van der Waals surface area contributed by atoms with E-state index in [-0.39, 0.29) is 5.78 Å². The van der Waals surface area contributed by atoms with E-state index in [1.165, 1.54) is 0 Å². The van der Waals surface area contributed by atoms with Crippen molar-refractivity contribution in [1.29, 1.82) is 0 Å². The second kappa shape index (κ2) is 5.41. The van der Waals surface area contributed by atoms with Crippen LogP contribution in [-0.2, 0) is 0 Å². The van der Waals surface area contributed by atoms with Crippen LogP contribution in [0.5, 0.6) is 0 Å². The molecule has 0 spiro atoms. The van der Waals surface area contributed by atoms with E-state index in [0.29, 0.717) is 0 Å². The first kappa shape index (κ1) is 13.4. The number of carbonyl (C=O) groups excluding carboxylic acids is 1. The summed E-state index contributed by atoms with van der Waals surface area (Å²) in [6.45, 7) is 0. The van der Waals surface area contributed by atoms with Gasteiger partial charge >= 0.3 is 0 Å². The number of carbonyl (C=O) groups is 1. The van der Waals surface area contributed by atoms with Gasteiger partial charge in [0.05, 0.1) is 0 Å². The molecule has 0 saturated heterocycles. The number of nitrogens with zero attached hydrogens (tertiary/aromatic N) is 1. The van der Waals surface area contributed by atoms with E-state index in [2.05, 4.69) is 6.07 Å². The molecule has 0 heterocycles. The average molecular weight is 275 g/mol. The van der Waals surface area contributed by atoms with Crippen LogP contribution in [0.25, 0.3) is 10.8 Å². The second-order valence-corrected chi connectivity index (χ2v) is 5.34. The van der Waals surface area contributed by atoms with E-state index in [0.717, 1.165) is 27.6 Å². The molecule has 0 aliphatic carbocycles. The van der Waals surface area contributed by atoms with Gasteiger partial charge in [-0.25, -0.2) is 0 Å². The first-order valence-electron chi connectivity index (χ1n) is 6.96. The Balaban J connectivity index is 2.01. The number of benzene rings is 3. The van der Waals surface area contributed by atoms with Crippen molar-refractivity contribution in [2.24, 2.45) is 0 Å². The lowest BCUT2D eigenvalue weighted by atomic mass is 9.99. The fourth-order valence-corrected chi connectivity index (χ4v) is 2.42. The van der Waals surface area contributed by atoms with E-state index in [9.17, 15) is 4.79 Å². The standard InChI is InChI=1S/C19H17NO/c1-20(2)18-9-5-8-16(13-18)19(21)17-11-10-14-6-3-4-7-15(14)12-17/h3-13H,1-2H3. The van der Waals surface area contributed by atoms with Gasteiger partial charge < -0.3 is 4.90 Å². The summed E-state index contributed by atoms with van der Waals surface area (Å²) in [7, 11) is 3.94. The Morgan fingerprint density at radius 2 is 1.48 bits per heavy atom. The van der Waals surface area contributed by atoms with Crippen LogP contribution in [0.2, 0.25) is 0 Å². The summed E-state index contributed by atoms with van der Waals surface area (Å²) in [6.07, 6.45) is 0. The Morgan fingerprint density at radius 1 is 0.762 bits per heavy atom. The highest BCUT2D eigenvalue weighted by molar-refractivity contribution is 6.11. The predicted octanol–water partition coefficient (Wildman–Crippen LogP) is 4.14. The molecule has 0 bridgehead atoms. The number of hydrogen-bond acceptors (Lipinski definition) is 2. The Bertz CT molecular complexity index is 805. The monoisotopic (exact) mass is 275 g/mol. The smallest absolute Gasteiger partial charge is 0.193 e. The zero-order valence-electron chi connectivity index (χ0n) is 12.2. The van der Waals surface area contributed by atoms with Gasteiger partial charge in [-0.05, 0) is 29.0 Å². The lowest BCUT2D eigenvalue weighted by Crippen LogP contribution is -2.10. The van der Waals surface area contributed by atoms with Crippen molar-refractivity contribution in [3.8, 4) is 0 Å². The van der Waals surface area contributed by atoms with Crippen molar-refractivity contribution in [3.05, 3.63) is 77.9 Å². The maximum atomic E-state index is 12.6. The molecule has 0 aliphatic rings. The van der Waals surface area contributed by atoms with Gasteiger partial charge in [0.15, 0.2) is 5.78 Å². The Morgan fingerprint density at radius 3 is 2.24 bits per heavy atom. The van der Waals surface area contributed by atoms with Crippen molar-refractivity contribution in [2.75, 3.05) is 19.0 Å². The SMILES string of the molecule is CN(C)c1cccc(C(=O)c2ccc3ccccc3c2)c1. The van der Waals surface area contributed by atoms with Crippen molar-refractivity contribution >= 4 is 22.2 Å². The molecule has 0 amide bonds. The van der Waals surface area contributed by atoms with Crippen LogP contribution in [-0.4, -0.2) is 19.9 Å². The molecule has 3 aromatic carbocycles. The molecule has 0 unspecified atom stereocenters. The first-order valence-corrected chi connectivity index (χ1v) is 6.96. The number of rotatable bonds is 3. The Labute approximate surface area is 124 Å². The van der Waals surface area contributed by atoms with Gasteiger partial charge in [0, 0.05) is 30.9 Å². The molecule has 0 aliphatic heterocycles. The molecular weight excluding hydrogens is 258 g/mol. The summed E-state index contributed by atoms with van der Waals surface area (Å²) < 4.78 is 0. The topological polar surface area (TPSA) is 20.3 Å². The summed E-state index contributed by atoms with van der Waals surface area (Å²) in [6, 6.07) is 21.6. The molecule has 0 N–H and O–H groups in total. The van der Waals surface area contributed by atoms with Crippen LogP contribution < -0.4 is 4.90 Å². The van der Waals surface area contributed by atoms with Crippen LogP contribution in [0.1, 0.15) is 15.9 Å². The predicted molar refractivity (Wildman–Crippen MR) is 88.1 cm³/mol. The zero-order chi connectivity index (χ0) is 14.8. The molecule has 0 saturated carbocycles. The van der Waals surface area contributed by atoms with Crippen molar-refractivity contribution in [2.45, 2.75) is 0 Å². The second-order valence-electron chi connectivity index (χ2n) is 5.34. The largest absolute Gasteiger partial charge is 0.378 e. The van der Waals surface area contributed by atoms with Crippen LogP contribution in [0, 0.1) is 0 Å². The third-order valence-corrected chi connectivity index (χ3v) is 3.64. The third-order valence-electron chi connectivity index (χ3n) is 3.64. The Hall–Kier alpha value is -2.61. The molecule has 3 aromatic rings. The van der Waals surface area contributed by atoms with E-state index >= 15 is 0 Å². The fourth-order valence-electron chi connectivity index (χ4n) is 2.42. The van der Waals surface area contributed by atoms with Crippen molar-refractivity contribution in [3.63, 3.8) is 0 Å². The lowest BCUT2D eigenvalue weighted by Gasteiger charge is -2.13. The van der Waals surface area contributed by atoms with Gasteiger partial charge in [-0.1, -0.05) is 48.5 Å². The normalized spacial score (nSPS) is 10.6. The highest BCUT2D eigenvalue weighted by Gasteiger charge is 2.10. The van der Waals surface area contributed by atoms with Crippen LogP contribution in [0.3, 0.4) is 0 Å². The minimum Gasteiger partial charge on any atom is -0.378 e. The molecule has 0 radical (unpaired) electrons. The van der Waals surface area contributed by atoms with Crippen LogP contribution in [0.4, 0.5) is 5.69 Å². The summed E-state index contributed by atoms with van der Waals surface area (Å²) in [5.74, 6) is 0.0597. The minimum absolute atomic E-state index is 0.0597. The van der Waals surface area contributed by atoms with Gasteiger partial charge in [-0.15, -0.1) is 0 Å². The maximum absolute atomic E-state index is 12.6. The maximum Gasteiger partial charge on any atom is 0.193 e. The molecule has 0 atom stereocenters. The van der Waals surface area contributed by atoms with E-state index in [1.54, 1.807) is 0 Å². The highest BCUT2D eigenvalue weighted by Crippen LogP contribution is 2.20. The molecule has 0 aromatic heterocycles. The summed E-state index contributed by atoms with van der Waals surface area (Å²) >= 11 is 0. The van der Waals surface area contributed by atoms with Gasteiger partial charge in [0.2, 0.25) is 0 Å². The minimum atomic E-state index is 0.0597. The zero-order valence-corrected chi connectivity index (χ0v) is 12.2. The molecule has 3 rings (SSSR count). The van der Waals surface area contributed by atoms with Crippen molar-refractivity contribution < 1.29 is 4.79 Å². The lowest BCUT2D eigenvalue weighted by molar-refractivity contribution is 0.103. The number of hydrogen-bond donors (Lipinski definition) is 0. The average Bonchev–Trinajstić information content (AvgIpc) is 2.53. The molecular formula is C19H17NO. The van der Waals surface area contributed by atoms with E-state index in [1.807, 2.05) is 79.7 Å². The fraction of sp³-hybridized carbons (Fsp3) is 0.105. The summed E-state index contributed by atoms with van der Waals surface area (Å²) in [5.41, 5.74) is 2.47. The third kappa shape index (κ3) is 2.65. The van der Waals surface area contributed by atoms with Gasteiger partial charge in [0.25, 0.3) is 0 Å². The van der Waals surface area contributed by atoms with Gasteiger partial charge in [-0.3, -0.25) is 4.79 Å². The Kier molecular flexibility index (Phi) is 3.44. The highest BCUT2D eigenvalue weighted by atomic mass is 16.1. The van der Waals surface area contributed by atoms with Gasteiger partial charge in [-0.2, -0.15) is 0 Å². The van der Waals surface area contributed by atoms with Gasteiger partial charge in [0.1, 0.15) is 0 Å². The molecule has 21 heavy (non-hydrogen) atoms. The molecule has 2 heteroatoms. The number of fused-ring (bicyclic) bond motifs is 1. The summed E-state index contributed by atoms with van der Waals surface area (Å²) in [4.78, 5) is 14.6. The quantitative estimate of drug-likeness (QED) is 0.670. The number of ketones is 1.